The molecule has 2 aromatic heterocycles. The van der Waals surface area contributed by atoms with E-state index >= 15 is 0 Å². The van der Waals surface area contributed by atoms with Gasteiger partial charge in [-0.25, -0.2) is 14.6 Å². The third-order valence-electron chi connectivity index (χ3n) is 4.45. The second-order valence-electron chi connectivity index (χ2n) is 6.28. The van der Waals surface area contributed by atoms with Gasteiger partial charge in [-0.3, -0.25) is 0 Å². The first kappa shape index (κ1) is 14.1. The molecule has 23 heavy (non-hydrogen) atoms. The van der Waals surface area contributed by atoms with Crippen LogP contribution in [0, 0.1) is 13.8 Å². The fourth-order valence-electron chi connectivity index (χ4n) is 3.28. The zero-order valence-corrected chi connectivity index (χ0v) is 13.4. The number of fused-ring (bicyclic) bond motifs is 1. The molecule has 0 aliphatic carbocycles. The first-order chi connectivity index (χ1) is 11.1. The topological polar surface area (TPSA) is 72.9 Å². The summed E-state index contributed by atoms with van der Waals surface area (Å²) in [6.45, 7) is 5.95. The Hall–Kier alpha value is -2.47. The monoisotopic (exact) mass is 308 g/mol. The Labute approximate surface area is 135 Å². The number of nitrogens with two attached hydrogens (primary N) is 1. The van der Waals surface area contributed by atoms with E-state index in [1.54, 1.807) is 6.33 Å². The number of benzene rings is 1. The quantitative estimate of drug-likeness (QED) is 0.783. The van der Waals surface area contributed by atoms with Gasteiger partial charge < -0.3 is 10.6 Å². The van der Waals surface area contributed by atoms with Crippen LogP contribution >= 0.6 is 0 Å². The van der Waals surface area contributed by atoms with Gasteiger partial charge in [-0.2, -0.15) is 5.10 Å². The molecular formula is C17H20N6. The van der Waals surface area contributed by atoms with Crippen LogP contribution in [-0.4, -0.2) is 38.9 Å². The summed E-state index contributed by atoms with van der Waals surface area (Å²) < 4.78 is 1.89. The Kier molecular flexibility index (Phi) is 3.27. The number of aromatic nitrogens is 4. The Morgan fingerprint density at radius 1 is 1.22 bits per heavy atom. The molecule has 3 aromatic rings. The summed E-state index contributed by atoms with van der Waals surface area (Å²) in [6, 6.07) is 6.56. The highest BCUT2D eigenvalue weighted by Gasteiger charge is 2.23. The Bertz CT molecular complexity index is 869. The van der Waals surface area contributed by atoms with Crippen LogP contribution in [0.3, 0.4) is 0 Å². The molecule has 4 rings (SSSR count). The van der Waals surface area contributed by atoms with E-state index in [-0.39, 0.29) is 6.04 Å². The summed E-state index contributed by atoms with van der Waals surface area (Å²) in [4.78, 5) is 11.2. The lowest BCUT2D eigenvalue weighted by Crippen LogP contribution is -2.27. The molecule has 2 N–H and O–H groups in total. The molecule has 1 aliphatic rings. The molecule has 0 spiro atoms. The Morgan fingerprint density at radius 3 is 2.83 bits per heavy atom. The standard InChI is InChI=1S/C17H20N6/c1-11-3-4-15(12(2)7-11)23-17-14(8-21-23)16(19-10-20-17)22-6-5-13(18)9-22/h3-4,7-8,10,13H,5-6,9,18H2,1-2H3. The molecule has 6 nitrogen and oxygen atoms in total. The van der Waals surface area contributed by atoms with E-state index in [2.05, 4.69) is 52.0 Å². The summed E-state index contributed by atoms with van der Waals surface area (Å²) in [5.74, 6) is 0.930. The average Bonchev–Trinajstić information content (AvgIpc) is 3.13. The molecule has 1 aromatic carbocycles. The maximum atomic E-state index is 6.03. The van der Waals surface area contributed by atoms with E-state index in [0.717, 1.165) is 42.0 Å². The Morgan fingerprint density at radius 2 is 2.09 bits per heavy atom. The normalized spacial score (nSPS) is 18.0. The minimum absolute atomic E-state index is 0.217. The number of aryl methyl sites for hydroxylation is 2. The van der Waals surface area contributed by atoms with Crippen molar-refractivity contribution in [3.8, 4) is 5.69 Å². The van der Waals surface area contributed by atoms with Gasteiger partial charge in [-0.1, -0.05) is 17.7 Å². The predicted molar refractivity (Wildman–Crippen MR) is 90.9 cm³/mol. The fourth-order valence-corrected chi connectivity index (χ4v) is 3.28. The molecule has 0 amide bonds. The van der Waals surface area contributed by atoms with Crippen molar-refractivity contribution in [3.05, 3.63) is 41.9 Å². The van der Waals surface area contributed by atoms with Crippen molar-refractivity contribution < 1.29 is 0 Å². The third kappa shape index (κ3) is 2.35. The van der Waals surface area contributed by atoms with Crippen LogP contribution < -0.4 is 10.6 Å². The molecule has 1 fully saturated rings. The van der Waals surface area contributed by atoms with Crippen LogP contribution in [0.25, 0.3) is 16.7 Å². The summed E-state index contributed by atoms with van der Waals surface area (Å²) >= 11 is 0. The second-order valence-corrected chi connectivity index (χ2v) is 6.28. The Balaban J connectivity index is 1.84. The van der Waals surface area contributed by atoms with Crippen LogP contribution in [0.2, 0.25) is 0 Å². The molecule has 1 saturated heterocycles. The van der Waals surface area contributed by atoms with E-state index in [9.17, 15) is 0 Å². The first-order valence-corrected chi connectivity index (χ1v) is 7.90. The first-order valence-electron chi connectivity index (χ1n) is 7.90. The van der Waals surface area contributed by atoms with Crippen LogP contribution in [-0.2, 0) is 0 Å². The minimum Gasteiger partial charge on any atom is -0.354 e. The second kappa shape index (κ2) is 5.31. The third-order valence-corrected chi connectivity index (χ3v) is 4.45. The van der Waals surface area contributed by atoms with Gasteiger partial charge in [0.1, 0.15) is 12.1 Å². The molecule has 3 heterocycles. The van der Waals surface area contributed by atoms with E-state index in [0.29, 0.717) is 0 Å². The summed E-state index contributed by atoms with van der Waals surface area (Å²) in [5, 5.41) is 5.54. The van der Waals surface area contributed by atoms with Crippen molar-refractivity contribution in [2.24, 2.45) is 5.73 Å². The lowest BCUT2D eigenvalue weighted by atomic mass is 10.1. The summed E-state index contributed by atoms with van der Waals surface area (Å²) in [6.07, 6.45) is 4.47. The van der Waals surface area contributed by atoms with Crippen LogP contribution in [0.15, 0.2) is 30.7 Å². The highest BCUT2D eigenvalue weighted by Crippen LogP contribution is 2.27. The van der Waals surface area contributed by atoms with Crippen molar-refractivity contribution in [2.75, 3.05) is 18.0 Å². The van der Waals surface area contributed by atoms with Gasteiger partial charge >= 0.3 is 0 Å². The zero-order valence-electron chi connectivity index (χ0n) is 13.4. The smallest absolute Gasteiger partial charge is 0.168 e. The van der Waals surface area contributed by atoms with Crippen LogP contribution in [0.1, 0.15) is 17.5 Å². The zero-order chi connectivity index (χ0) is 16.0. The largest absolute Gasteiger partial charge is 0.354 e. The summed E-state index contributed by atoms with van der Waals surface area (Å²) in [7, 11) is 0. The molecular weight excluding hydrogens is 288 g/mol. The van der Waals surface area contributed by atoms with Gasteiger partial charge in [0.05, 0.1) is 17.3 Å². The van der Waals surface area contributed by atoms with Gasteiger partial charge in [-0.05, 0) is 31.9 Å². The molecule has 1 atom stereocenters. The van der Waals surface area contributed by atoms with Crippen molar-refractivity contribution >= 4 is 16.9 Å². The van der Waals surface area contributed by atoms with Gasteiger partial charge in [0, 0.05) is 19.1 Å². The lowest BCUT2D eigenvalue weighted by Gasteiger charge is -2.17. The van der Waals surface area contributed by atoms with Crippen LogP contribution in [0.5, 0.6) is 0 Å². The highest BCUT2D eigenvalue weighted by molar-refractivity contribution is 5.88. The molecule has 0 radical (unpaired) electrons. The minimum atomic E-state index is 0.217. The van der Waals surface area contributed by atoms with Gasteiger partial charge in [0.2, 0.25) is 0 Å². The van der Waals surface area contributed by atoms with Crippen molar-refractivity contribution in [1.82, 2.24) is 19.7 Å². The van der Waals surface area contributed by atoms with Gasteiger partial charge in [0.15, 0.2) is 5.65 Å². The SMILES string of the molecule is Cc1ccc(-n2ncc3c(N4CCC(N)C4)ncnc32)c(C)c1. The van der Waals surface area contributed by atoms with Crippen LogP contribution in [0.4, 0.5) is 5.82 Å². The lowest BCUT2D eigenvalue weighted by molar-refractivity contribution is 0.751. The molecule has 1 aliphatic heterocycles. The van der Waals surface area contributed by atoms with Gasteiger partial charge in [0.25, 0.3) is 0 Å². The van der Waals surface area contributed by atoms with E-state index in [1.807, 2.05) is 10.9 Å². The number of anilines is 1. The van der Waals surface area contributed by atoms with Crippen molar-refractivity contribution in [2.45, 2.75) is 26.3 Å². The molecule has 6 heteroatoms. The predicted octanol–water partition coefficient (Wildman–Crippen LogP) is 1.97. The summed E-state index contributed by atoms with van der Waals surface area (Å²) in [5.41, 5.74) is 10.3. The number of rotatable bonds is 2. The molecule has 0 bridgehead atoms. The number of nitrogens with zero attached hydrogens (tertiary/aromatic N) is 5. The highest BCUT2D eigenvalue weighted by atomic mass is 15.3. The fraction of sp³-hybridized carbons (Fsp3) is 0.353. The molecule has 1 unspecified atom stereocenters. The number of hydrogen-bond donors (Lipinski definition) is 1. The van der Waals surface area contributed by atoms with Crippen molar-refractivity contribution in [3.63, 3.8) is 0 Å². The van der Waals surface area contributed by atoms with E-state index in [1.165, 1.54) is 11.1 Å². The molecule has 0 saturated carbocycles. The molecule has 118 valence electrons. The van der Waals surface area contributed by atoms with E-state index < -0.39 is 0 Å². The van der Waals surface area contributed by atoms with E-state index in [4.69, 9.17) is 5.73 Å². The maximum absolute atomic E-state index is 6.03. The van der Waals surface area contributed by atoms with Gasteiger partial charge in [-0.15, -0.1) is 0 Å². The number of hydrogen-bond acceptors (Lipinski definition) is 5. The maximum Gasteiger partial charge on any atom is 0.168 e. The van der Waals surface area contributed by atoms with Crippen molar-refractivity contribution in [1.29, 1.82) is 0 Å². The average molecular weight is 308 g/mol.